The third-order valence-electron chi connectivity index (χ3n) is 6.58. The molecule has 1 fully saturated rings. The van der Waals surface area contributed by atoms with Gasteiger partial charge < -0.3 is 5.32 Å². The van der Waals surface area contributed by atoms with E-state index in [1.165, 1.54) is 0 Å². The number of rotatable bonds is 7. The molecule has 3 nitrogen and oxygen atoms in total. The van der Waals surface area contributed by atoms with E-state index in [9.17, 15) is 10.1 Å². The molecule has 4 heteroatoms. The lowest BCUT2D eigenvalue weighted by Gasteiger charge is -2.44. The summed E-state index contributed by atoms with van der Waals surface area (Å²) in [6, 6.07) is 17.7. The maximum absolute atomic E-state index is 13.2. The standard InChI is InChI=1S/C25H29ClN2O/c1-17(2)25(12-5-13-25)24(29)28-18(3)23(15-19-8-10-22(26)11-9-19)21-7-4-6-20(14-21)16-27/h4,6-11,14,17-18,23H,5,12-13,15H2,1-3H3,(H,28,29)/t18?,23-/m1/s1. The van der Waals surface area contributed by atoms with Crippen LogP contribution in [0.25, 0.3) is 0 Å². The van der Waals surface area contributed by atoms with Crippen molar-refractivity contribution in [2.45, 2.75) is 58.4 Å². The van der Waals surface area contributed by atoms with Crippen molar-refractivity contribution in [1.29, 1.82) is 5.26 Å². The van der Waals surface area contributed by atoms with E-state index in [0.717, 1.165) is 36.8 Å². The first kappa shape index (κ1) is 21.4. The van der Waals surface area contributed by atoms with E-state index in [1.54, 1.807) is 0 Å². The Bertz CT molecular complexity index is 894. The molecular weight excluding hydrogens is 380 g/mol. The molecule has 1 saturated carbocycles. The van der Waals surface area contributed by atoms with Gasteiger partial charge in [0.25, 0.3) is 0 Å². The number of nitrogens with one attached hydrogen (secondary N) is 1. The summed E-state index contributed by atoms with van der Waals surface area (Å²) in [5, 5.41) is 13.4. The van der Waals surface area contributed by atoms with Gasteiger partial charge in [0.05, 0.1) is 17.0 Å². The van der Waals surface area contributed by atoms with Crippen molar-refractivity contribution in [2.75, 3.05) is 0 Å². The van der Waals surface area contributed by atoms with Crippen LogP contribution in [-0.4, -0.2) is 11.9 Å². The van der Waals surface area contributed by atoms with Crippen LogP contribution < -0.4 is 5.32 Å². The van der Waals surface area contributed by atoms with E-state index >= 15 is 0 Å². The molecule has 0 aliphatic heterocycles. The third kappa shape index (κ3) is 4.65. The molecule has 0 radical (unpaired) electrons. The molecule has 2 aromatic rings. The second-order valence-electron chi connectivity index (χ2n) is 8.60. The molecule has 1 amide bonds. The first-order chi connectivity index (χ1) is 13.9. The van der Waals surface area contributed by atoms with Crippen LogP contribution in [0.2, 0.25) is 5.02 Å². The summed E-state index contributed by atoms with van der Waals surface area (Å²) in [7, 11) is 0. The lowest BCUT2D eigenvalue weighted by molar-refractivity contribution is -0.140. The Morgan fingerprint density at radius 1 is 1.17 bits per heavy atom. The summed E-state index contributed by atoms with van der Waals surface area (Å²) in [5.74, 6) is 0.571. The third-order valence-corrected chi connectivity index (χ3v) is 6.83. The van der Waals surface area contributed by atoms with Crippen molar-refractivity contribution in [3.63, 3.8) is 0 Å². The SMILES string of the molecule is CC(NC(=O)C1(C(C)C)CCC1)[C@@H](Cc1ccc(Cl)cc1)c1cccc(C#N)c1. The van der Waals surface area contributed by atoms with Crippen molar-refractivity contribution in [3.8, 4) is 6.07 Å². The van der Waals surface area contributed by atoms with Gasteiger partial charge in [0.2, 0.25) is 5.91 Å². The highest BCUT2D eigenvalue weighted by Gasteiger charge is 2.47. The van der Waals surface area contributed by atoms with Gasteiger partial charge >= 0.3 is 0 Å². The summed E-state index contributed by atoms with van der Waals surface area (Å²) >= 11 is 6.05. The summed E-state index contributed by atoms with van der Waals surface area (Å²) < 4.78 is 0. The van der Waals surface area contributed by atoms with Crippen LogP contribution in [0, 0.1) is 22.7 Å². The fourth-order valence-corrected chi connectivity index (χ4v) is 4.50. The topological polar surface area (TPSA) is 52.9 Å². The van der Waals surface area contributed by atoms with Crippen molar-refractivity contribution in [3.05, 3.63) is 70.2 Å². The smallest absolute Gasteiger partial charge is 0.226 e. The van der Waals surface area contributed by atoms with Crippen LogP contribution in [0.5, 0.6) is 0 Å². The first-order valence-corrected chi connectivity index (χ1v) is 10.8. The highest BCUT2D eigenvalue weighted by atomic mass is 35.5. The molecule has 0 bridgehead atoms. The van der Waals surface area contributed by atoms with E-state index in [4.69, 9.17) is 11.6 Å². The quantitative estimate of drug-likeness (QED) is 0.622. The van der Waals surface area contributed by atoms with Crippen molar-refractivity contribution in [2.24, 2.45) is 11.3 Å². The number of hydrogen-bond acceptors (Lipinski definition) is 2. The Morgan fingerprint density at radius 3 is 2.41 bits per heavy atom. The van der Waals surface area contributed by atoms with Gasteiger partial charge in [-0.15, -0.1) is 0 Å². The van der Waals surface area contributed by atoms with Gasteiger partial charge in [0.15, 0.2) is 0 Å². The number of hydrogen-bond donors (Lipinski definition) is 1. The highest BCUT2D eigenvalue weighted by Crippen LogP contribution is 2.47. The lowest BCUT2D eigenvalue weighted by Crippen LogP contribution is -2.52. The number of nitriles is 1. The number of carbonyl (C=O) groups is 1. The number of benzene rings is 2. The minimum absolute atomic E-state index is 0.0525. The minimum atomic E-state index is -0.229. The zero-order valence-corrected chi connectivity index (χ0v) is 18.2. The Labute approximate surface area is 179 Å². The summed E-state index contributed by atoms with van der Waals surface area (Å²) in [4.78, 5) is 13.2. The van der Waals surface area contributed by atoms with Gasteiger partial charge in [0, 0.05) is 17.0 Å². The fourth-order valence-electron chi connectivity index (χ4n) is 4.37. The summed E-state index contributed by atoms with van der Waals surface area (Å²) in [5.41, 5.74) is 2.64. The molecular formula is C25H29ClN2O. The van der Waals surface area contributed by atoms with Crippen molar-refractivity contribution in [1.82, 2.24) is 5.32 Å². The summed E-state index contributed by atoms with van der Waals surface area (Å²) in [6.45, 7) is 6.36. The molecule has 3 rings (SSSR count). The second kappa shape index (κ2) is 9.01. The van der Waals surface area contributed by atoms with E-state index < -0.39 is 0 Å². The zero-order chi connectivity index (χ0) is 21.0. The molecule has 2 aromatic carbocycles. The average Bonchev–Trinajstić information content (AvgIpc) is 2.66. The van der Waals surface area contributed by atoms with Gasteiger partial charge in [-0.3, -0.25) is 4.79 Å². The number of carbonyl (C=O) groups excluding carboxylic acids is 1. The van der Waals surface area contributed by atoms with Crippen LogP contribution in [0.4, 0.5) is 0 Å². The first-order valence-electron chi connectivity index (χ1n) is 10.4. The Morgan fingerprint density at radius 2 is 1.86 bits per heavy atom. The van der Waals surface area contributed by atoms with Gasteiger partial charge in [0.1, 0.15) is 0 Å². The monoisotopic (exact) mass is 408 g/mol. The van der Waals surface area contributed by atoms with Gasteiger partial charge in [-0.05, 0) is 67.5 Å². The van der Waals surface area contributed by atoms with E-state index in [2.05, 4.69) is 32.2 Å². The number of halogens is 1. The van der Waals surface area contributed by atoms with E-state index in [1.807, 2.05) is 48.5 Å². The molecule has 1 N–H and O–H groups in total. The van der Waals surface area contributed by atoms with Gasteiger partial charge in [-0.1, -0.05) is 56.1 Å². The van der Waals surface area contributed by atoms with Crippen LogP contribution in [-0.2, 0) is 11.2 Å². The molecule has 0 saturated heterocycles. The Balaban J connectivity index is 1.86. The van der Waals surface area contributed by atoms with Gasteiger partial charge in [-0.25, -0.2) is 0 Å². The number of nitrogens with zero attached hydrogens (tertiary/aromatic N) is 1. The van der Waals surface area contributed by atoms with Crippen molar-refractivity contribution >= 4 is 17.5 Å². The molecule has 0 aromatic heterocycles. The molecule has 152 valence electrons. The lowest BCUT2D eigenvalue weighted by atomic mass is 9.61. The van der Waals surface area contributed by atoms with Crippen LogP contribution in [0.3, 0.4) is 0 Å². The number of amides is 1. The Hall–Kier alpha value is -2.31. The molecule has 1 unspecified atom stereocenters. The van der Waals surface area contributed by atoms with Crippen LogP contribution in [0.1, 0.15) is 62.6 Å². The predicted octanol–water partition coefficient (Wildman–Crippen LogP) is 5.87. The zero-order valence-electron chi connectivity index (χ0n) is 17.4. The summed E-state index contributed by atoms with van der Waals surface area (Å²) in [6.07, 6.45) is 3.82. The molecule has 0 heterocycles. The van der Waals surface area contributed by atoms with Crippen LogP contribution >= 0.6 is 11.6 Å². The second-order valence-corrected chi connectivity index (χ2v) is 9.04. The average molecular weight is 409 g/mol. The Kier molecular flexibility index (Phi) is 6.65. The van der Waals surface area contributed by atoms with Gasteiger partial charge in [-0.2, -0.15) is 5.26 Å². The van der Waals surface area contributed by atoms with E-state index in [-0.39, 0.29) is 23.3 Å². The predicted molar refractivity (Wildman–Crippen MR) is 118 cm³/mol. The largest absolute Gasteiger partial charge is 0.353 e. The maximum atomic E-state index is 13.2. The molecule has 0 spiro atoms. The fraction of sp³-hybridized carbons (Fsp3) is 0.440. The van der Waals surface area contributed by atoms with E-state index in [0.29, 0.717) is 16.5 Å². The maximum Gasteiger partial charge on any atom is 0.226 e. The normalized spacial score (nSPS) is 17.1. The molecule has 1 aliphatic rings. The van der Waals surface area contributed by atoms with Crippen LogP contribution in [0.15, 0.2) is 48.5 Å². The molecule has 29 heavy (non-hydrogen) atoms. The molecule has 1 aliphatic carbocycles. The van der Waals surface area contributed by atoms with Crippen molar-refractivity contribution < 1.29 is 4.79 Å². The highest BCUT2D eigenvalue weighted by molar-refractivity contribution is 6.30. The minimum Gasteiger partial charge on any atom is -0.353 e. The molecule has 2 atom stereocenters.